The number of hydrogen-bond donors (Lipinski definition) is 1. The molecule has 2 rings (SSSR count). The van der Waals surface area contributed by atoms with Crippen LogP contribution in [0.1, 0.15) is 53.4 Å². The molecular weight excluding hydrogens is 246 g/mol. The SMILES string of the molecule is CCC(C)Oc1cccc(NC2CCC(C)CC2C)c1. The van der Waals surface area contributed by atoms with Crippen LogP contribution in [0.5, 0.6) is 5.75 Å². The molecule has 4 unspecified atom stereocenters. The first-order chi connectivity index (χ1) is 9.58. The molecule has 0 saturated heterocycles. The van der Waals surface area contributed by atoms with Gasteiger partial charge in [0.15, 0.2) is 0 Å². The predicted octanol–water partition coefficient (Wildman–Crippen LogP) is 5.10. The van der Waals surface area contributed by atoms with E-state index in [0.717, 1.165) is 24.0 Å². The Morgan fingerprint density at radius 2 is 2.10 bits per heavy atom. The average Bonchev–Trinajstić information content (AvgIpc) is 2.42. The molecule has 4 atom stereocenters. The first-order valence-electron chi connectivity index (χ1n) is 8.11. The van der Waals surface area contributed by atoms with E-state index in [9.17, 15) is 0 Å². The molecule has 1 aliphatic rings. The minimum atomic E-state index is 0.278. The van der Waals surface area contributed by atoms with E-state index in [0.29, 0.717) is 6.04 Å². The van der Waals surface area contributed by atoms with Crippen LogP contribution in [0.3, 0.4) is 0 Å². The molecular formula is C18H29NO. The van der Waals surface area contributed by atoms with E-state index in [2.05, 4.69) is 51.2 Å². The van der Waals surface area contributed by atoms with Gasteiger partial charge in [0.25, 0.3) is 0 Å². The Kier molecular flexibility index (Phi) is 5.33. The van der Waals surface area contributed by atoms with Gasteiger partial charge in [0.05, 0.1) is 6.10 Å². The van der Waals surface area contributed by atoms with E-state index < -0.39 is 0 Å². The van der Waals surface area contributed by atoms with Crippen LogP contribution in [0.15, 0.2) is 24.3 Å². The highest BCUT2D eigenvalue weighted by molar-refractivity contribution is 5.49. The molecule has 0 amide bonds. The Morgan fingerprint density at radius 1 is 1.30 bits per heavy atom. The average molecular weight is 275 g/mol. The minimum Gasteiger partial charge on any atom is -0.491 e. The summed E-state index contributed by atoms with van der Waals surface area (Å²) in [5.41, 5.74) is 1.19. The third-order valence-electron chi connectivity index (χ3n) is 4.53. The van der Waals surface area contributed by atoms with E-state index in [1.165, 1.54) is 24.9 Å². The Morgan fingerprint density at radius 3 is 2.80 bits per heavy atom. The van der Waals surface area contributed by atoms with Gasteiger partial charge in [0.2, 0.25) is 0 Å². The standard InChI is InChI=1S/C18H29NO/c1-5-15(4)20-17-8-6-7-16(12-17)19-18-10-9-13(2)11-14(18)3/h6-8,12-15,18-19H,5,9-11H2,1-4H3. The summed E-state index contributed by atoms with van der Waals surface area (Å²) in [5.74, 6) is 2.60. The topological polar surface area (TPSA) is 21.3 Å². The zero-order valence-corrected chi connectivity index (χ0v) is 13.4. The van der Waals surface area contributed by atoms with Crippen LogP contribution in [-0.2, 0) is 0 Å². The molecule has 0 aliphatic heterocycles. The van der Waals surface area contributed by atoms with Crippen molar-refractivity contribution in [1.82, 2.24) is 0 Å². The number of nitrogens with one attached hydrogen (secondary N) is 1. The molecule has 1 fully saturated rings. The molecule has 1 saturated carbocycles. The normalized spacial score (nSPS) is 27.9. The van der Waals surface area contributed by atoms with Crippen molar-refractivity contribution in [2.45, 2.75) is 65.5 Å². The molecule has 2 heteroatoms. The fourth-order valence-electron chi connectivity index (χ4n) is 3.07. The van der Waals surface area contributed by atoms with Gasteiger partial charge in [0.1, 0.15) is 5.75 Å². The van der Waals surface area contributed by atoms with Crippen LogP contribution in [-0.4, -0.2) is 12.1 Å². The van der Waals surface area contributed by atoms with Crippen LogP contribution in [0.25, 0.3) is 0 Å². The Labute approximate surface area is 123 Å². The highest BCUT2D eigenvalue weighted by Crippen LogP contribution is 2.31. The van der Waals surface area contributed by atoms with Crippen molar-refractivity contribution < 1.29 is 4.74 Å². The highest BCUT2D eigenvalue weighted by atomic mass is 16.5. The van der Waals surface area contributed by atoms with E-state index in [-0.39, 0.29) is 6.10 Å². The van der Waals surface area contributed by atoms with Crippen LogP contribution in [0.2, 0.25) is 0 Å². The number of ether oxygens (including phenoxy) is 1. The molecule has 2 nitrogen and oxygen atoms in total. The number of anilines is 1. The summed E-state index contributed by atoms with van der Waals surface area (Å²) in [5, 5.41) is 3.70. The van der Waals surface area contributed by atoms with Crippen molar-refractivity contribution in [3.63, 3.8) is 0 Å². The lowest BCUT2D eigenvalue weighted by Gasteiger charge is -2.34. The predicted molar refractivity (Wildman–Crippen MR) is 86.4 cm³/mol. The second kappa shape index (κ2) is 7.01. The highest BCUT2D eigenvalue weighted by Gasteiger charge is 2.25. The molecule has 20 heavy (non-hydrogen) atoms. The summed E-state index contributed by atoms with van der Waals surface area (Å²) >= 11 is 0. The molecule has 1 aliphatic carbocycles. The number of rotatable bonds is 5. The molecule has 1 aromatic rings. The monoisotopic (exact) mass is 275 g/mol. The molecule has 1 aromatic carbocycles. The fourth-order valence-corrected chi connectivity index (χ4v) is 3.07. The number of hydrogen-bond acceptors (Lipinski definition) is 2. The van der Waals surface area contributed by atoms with Gasteiger partial charge >= 0.3 is 0 Å². The molecule has 0 heterocycles. The summed E-state index contributed by atoms with van der Waals surface area (Å²) in [6.07, 6.45) is 5.26. The van der Waals surface area contributed by atoms with Crippen LogP contribution < -0.4 is 10.1 Å². The second-order valence-electron chi connectivity index (χ2n) is 6.51. The molecule has 1 N–H and O–H groups in total. The maximum atomic E-state index is 5.90. The van der Waals surface area contributed by atoms with Crippen molar-refractivity contribution in [1.29, 1.82) is 0 Å². The van der Waals surface area contributed by atoms with Crippen molar-refractivity contribution in [2.75, 3.05) is 5.32 Å². The van der Waals surface area contributed by atoms with Crippen molar-refractivity contribution >= 4 is 5.69 Å². The second-order valence-corrected chi connectivity index (χ2v) is 6.51. The minimum absolute atomic E-state index is 0.278. The summed E-state index contributed by atoms with van der Waals surface area (Å²) in [4.78, 5) is 0. The first-order valence-corrected chi connectivity index (χ1v) is 8.11. The molecule has 0 spiro atoms. The van der Waals surface area contributed by atoms with Gasteiger partial charge in [-0.25, -0.2) is 0 Å². The van der Waals surface area contributed by atoms with Crippen molar-refractivity contribution in [2.24, 2.45) is 11.8 Å². The van der Waals surface area contributed by atoms with Gasteiger partial charge < -0.3 is 10.1 Å². The largest absolute Gasteiger partial charge is 0.491 e. The quantitative estimate of drug-likeness (QED) is 0.807. The van der Waals surface area contributed by atoms with Gasteiger partial charge in [-0.2, -0.15) is 0 Å². The Bertz CT molecular complexity index is 418. The van der Waals surface area contributed by atoms with Gasteiger partial charge in [-0.05, 0) is 56.6 Å². The van der Waals surface area contributed by atoms with E-state index in [4.69, 9.17) is 4.74 Å². The molecule has 0 aromatic heterocycles. The lowest BCUT2D eigenvalue weighted by molar-refractivity contribution is 0.217. The maximum absolute atomic E-state index is 5.90. The zero-order valence-electron chi connectivity index (χ0n) is 13.4. The Hall–Kier alpha value is -1.18. The molecule has 112 valence electrons. The molecule has 0 radical (unpaired) electrons. The Balaban J connectivity index is 1.97. The van der Waals surface area contributed by atoms with Crippen molar-refractivity contribution in [3.8, 4) is 5.75 Å². The lowest BCUT2D eigenvalue weighted by atomic mass is 9.80. The summed E-state index contributed by atoms with van der Waals surface area (Å²) < 4.78 is 5.90. The first kappa shape index (κ1) is 15.2. The lowest BCUT2D eigenvalue weighted by Crippen LogP contribution is -2.32. The van der Waals surface area contributed by atoms with Crippen molar-refractivity contribution in [3.05, 3.63) is 24.3 Å². The zero-order chi connectivity index (χ0) is 14.5. The third-order valence-corrected chi connectivity index (χ3v) is 4.53. The smallest absolute Gasteiger partial charge is 0.121 e. The van der Waals surface area contributed by atoms with E-state index >= 15 is 0 Å². The van der Waals surface area contributed by atoms with Crippen LogP contribution in [0.4, 0.5) is 5.69 Å². The molecule has 0 bridgehead atoms. The fraction of sp³-hybridized carbons (Fsp3) is 0.667. The van der Waals surface area contributed by atoms with Gasteiger partial charge in [0, 0.05) is 17.8 Å². The summed E-state index contributed by atoms with van der Waals surface area (Å²) in [7, 11) is 0. The number of benzene rings is 1. The van der Waals surface area contributed by atoms with Gasteiger partial charge in [-0.3, -0.25) is 0 Å². The van der Waals surface area contributed by atoms with E-state index in [1.54, 1.807) is 0 Å². The van der Waals surface area contributed by atoms with Gasteiger partial charge in [-0.1, -0.05) is 26.8 Å². The van der Waals surface area contributed by atoms with E-state index in [1.807, 2.05) is 6.07 Å². The van der Waals surface area contributed by atoms with Crippen LogP contribution in [0, 0.1) is 11.8 Å². The maximum Gasteiger partial charge on any atom is 0.121 e. The van der Waals surface area contributed by atoms with Gasteiger partial charge in [-0.15, -0.1) is 0 Å². The summed E-state index contributed by atoms with van der Waals surface area (Å²) in [6.45, 7) is 9.00. The van der Waals surface area contributed by atoms with Crippen LogP contribution >= 0.6 is 0 Å². The third kappa shape index (κ3) is 4.16. The summed E-state index contributed by atoms with van der Waals surface area (Å²) in [6, 6.07) is 9.01.